The van der Waals surface area contributed by atoms with Crippen LogP contribution in [0.2, 0.25) is 0 Å². The third kappa shape index (κ3) is 2.01. The number of halogens is 1. The molecule has 0 spiro atoms. The molecule has 1 rings (SSSR count). The van der Waals surface area contributed by atoms with Gasteiger partial charge in [-0.15, -0.1) is 3.89 Å². The molecule has 2 N–H and O–H groups in total. The van der Waals surface area contributed by atoms with Crippen LogP contribution >= 0.6 is 12.3 Å². The van der Waals surface area contributed by atoms with Crippen LogP contribution in [0.5, 0.6) is 0 Å². The molecule has 4 heteroatoms. The van der Waals surface area contributed by atoms with Gasteiger partial charge in [-0.05, 0) is 31.0 Å². The van der Waals surface area contributed by atoms with E-state index in [0.717, 1.165) is 16.7 Å². The zero-order valence-electron chi connectivity index (χ0n) is 7.52. The van der Waals surface area contributed by atoms with E-state index < -0.39 is 0 Å². The first-order valence-corrected chi connectivity index (χ1v) is 4.56. The Balaban J connectivity index is 3.21. The van der Waals surface area contributed by atoms with Gasteiger partial charge in [-0.25, -0.2) is 0 Å². The van der Waals surface area contributed by atoms with Gasteiger partial charge in [0.15, 0.2) is 12.3 Å². The lowest BCUT2D eigenvalue weighted by atomic mass is 10.0. The molecular weight excluding hydrogens is 187 g/mol. The quantitative estimate of drug-likeness (QED) is 0.577. The van der Waals surface area contributed by atoms with Crippen LogP contribution in [0.3, 0.4) is 0 Å². The minimum Gasteiger partial charge on any atom is -0.308 e. The summed E-state index contributed by atoms with van der Waals surface area (Å²) in [7, 11) is 0. The molecule has 13 heavy (non-hydrogen) atoms. The number of hydrogen-bond acceptors (Lipinski definition) is 3. The lowest BCUT2D eigenvalue weighted by Gasteiger charge is -2.09. The number of hydrogen-bond donors (Lipinski definition) is 2. The lowest BCUT2D eigenvalue weighted by Crippen LogP contribution is -1.96. The summed E-state index contributed by atoms with van der Waals surface area (Å²) in [5.41, 5.74) is 3.50. The predicted molar refractivity (Wildman–Crippen MR) is 56.1 cm³/mol. The van der Waals surface area contributed by atoms with Crippen LogP contribution in [-0.4, -0.2) is 6.21 Å². The Morgan fingerprint density at radius 2 is 2.15 bits per heavy atom. The maximum Gasteiger partial charge on any atom is 0.162 e. The van der Waals surface area contributed by atoms with E-state index in [1.807, 2.05) is 19.9 Å². The van der Waals surface area contributed by atoms with Crippen molar-refractivity contribution in [3.8, 4) is 0 Å². The SMILES string of the molecule is Cc1ccc(NSF)c(C=N)c1C. The van der Waals surface area contributed by atoms with Crippen molar-refractivity contribution in [1.29, 1.82) is 5.41 Å². The predicted octanol–water partition coefficient (Wildman–Crippen LogP) is 3.25. The molecule has 0 fully saturated rings. The van der Waals surface area contributed by atoms with Gasteiger partial charge in [0.05, 0.1) is 5.69 Å². The third-order valence-electron chi connectivity index (χ3n) is 2.08. The second kappa shape index (κ2) is 4.28. The van der Waals surface area contributed by atoms with Crippen molar-refractivity contribution in [2.45, 2.75) is 13.8 Å². The summed E-state index contributed by atoms with van der Waals surface area (Å²) in [5, 5.41) is 7.20. The lowest BCUT2D eigenvalue weighted by molar-refractivity contribution is 0.943. The van der Waals surface area contributed by atoms with E-state index in [1.54, 1.807) is 6.07 Å². The number of anilines is 1. The molecule has 0 aliphatic rings. The normalized spacial score (nSPS) is 9.77. The monoisotopic (exact) mass is 198 g/mol. The van der Waals surface area contributed by atoms with Gasteiger partial charge in [0.25, 0.3) is 0 Å². The van der Waals surface area contributed by atoms with Crippen molar-refractivity contribution in [3.05, 3.63) is 28.8 Å². The Kier molecular flexibility index (Phi) is 3.31. The van der Waals surface area contributed by atoms with E-state index in [4.69, 9.17) is 5.41 Å². The number of aryl methyl sites for hydroxylation is 1. The van der Waals surface area contributed by atoms with Crippen LogP contribution in [0, 0.1) is 19.3 Å². The highest BCUT2D eigenvalue weighted by Crippen LogP contribution is 2.23. The Bertz CT molecular complexity index is 326. The molecule has 2 nitrogen and oxygen atoms in total. The maximum absolute atomic E-state index is 12.0. The first-order valence-electron chi connectivity index (χ1n) is 3.85. The number of rotatable bonds is 3. The largest absolute Gasteiger partial charge is 0.308 e. The molecule has 0 radical (unpaired) electrons. The van der Waals surface area contributed by atoms with Crippen molar-refractivity contribution in [1.82, 2.24) is 0 Å². The fourth-order valence-corrected chi connectivity index (χ4v) is 1.42. The van der Waals surface area contributed by atoms with Crippen molar-refractivity contribution >= 4 is 24.2 Å². The minimum atomic E-state index is 0.0455. The molecular formula is C9H11FN2S. The Hall–Kier alpha value is -1.03. The second-order valence-electron chi connectivity index (χ2n) is 2.79. The molecule has 0 saturated heterocycles. The first kappa shape index (κ1) is 10.1. The number of nitrogens with one attached hydrogen (secondary N) is 2. The van der Waals surface area contributed by atoms with Crippen molar-refractivity contribution in [2.75, 3.05) is 4.72 Å². The highest BCUT2D eigenvalue weighted by Gasteiger charge is 2.05. The van der Waals surface area contributed by atoms with Crippen LogP contribution in [0.4, 0.5) is 9.57 Å². The maximum atomic E-state index is 12.0. The smallest absolute Gasteiger partial charge is 0.162 e. The summed E-state index contributed by atoms with van der Waals surface area (Å²) in [5.74, 6) is 0. The molecule has 0 bridgehead atoms. The van der Waals surface area contributed by atoms with Crippen molar-refractivity contribution in [3.63, 3.8) is 0 Å². The molecule has 0 unspecified atom stereocenters. The first-order chi connectivity index (χ1) is 6.20. The van der Waals surface area contributed by atoms with E-state index >= 15 is 0 Å². The van der Waals surface area contributed by atoms with Gasteiger partial charge in [-0.3, -0.25) is 0 Å². The Morgan fingerprint density at radius 1 is 1.46 bits per heavy atom. The van der Waals surface area contributed by atoms with Gasteiger partial charge in [0.1, 0.15) is 0 Å². The summed E-state index contributed by atoms with van der Waals surface area (Å²) in [6, 6.07) is 3.68. The van der Waals surface area contributed by atoms with E-state index in [1.165, 1.54) is 6.21 Å². The summed E-state index contributed by atoms with van der Waals surface area (Å²) in [6.45, 7) is 3.89. The van der Waals surface area contributed by atoms with E-state index in [-0.39, 0.29) is 12.3 Å². The van der Waals surface area contributed by atoms with E-state index in [9.17, 15) is 3.89 Å². The molecule has 1 aromatic carbocycles. The van der Waals surface area contributed by atoms with Crippen LogP contribution in [0.15, 0.2) is 12.1 Å². The van der Waals surface area contributed by atoms with Crippen LogP contribution in [-0.2, 0) is 0 Å². The van der Waals surface area contributed by atoms with Crippen LogP contribution in [0.1, 0.15) is 16.7 Å². The molecule has 1 aromatic rings. The average Bonchev–Trinajstić information content (AvgIpc) is 2.12. The average molecular weight is 198 g/mol. The molecule has 0 heterocycles. The summed E-state index contributed by atoms with van der Waals surface area (Å²) < 4.78 is 14.5. The van der Waals surface area contributed by atoms with Crippen molar-refractivity contribution in [2.24, 2.45) is 0 Å². The fraction of sp³-hybridized carbons (Fsp3) is 0.222. The van der Waals surface area contributed by atoms with E-state index in [2.05, 4.69) is 4.72 Å². The van der Waals surface area contributed by atoms with Crippen LogP contribution < -0.4 is 4.72 Å². The third-order valence-corrected chi connectivity index (χ3v) is 2.38. The molecule has 0 aliphatic carbocycles. The number of benzene rings is 1. The molecule has 0 aliphatic heterocycles. The Morgan fingerprint density at radius 3 is 2.69 bits per heavy atom. The van der Waals surface area contributed by atoms with Crippen molar-refractivity contribution < 1.29 is 3.89 Å². The van der Waals surface area contributed by atoms with E-state index in [0.29, 0.717) is 5.69 Å². The summed E-state index contributed by atoms with van der Waals surface area (Å²) >= 11 is 0.0455. The molecule has 0 saturated carbocycles. The second-order valence-corrected chi connectivity index (χ2v) is 3.15. The minimum absolute atomic E-state index is 0.0455. The van der Waals surface area contributed by atoms with Crippen LogP contribution in [0.25, 0.3) is 0 Å². The standard InChI is InChI=1S/C9H11FN2S/c1-6-3-4-9(12-13-10)8(5-11)7(6)2/h3-5,11-12H,1-2H3. The van der Waals surface area contributed by atoms with Gasteiger partial charge in [0.2, 0.25) is 0 Å². The van der Waals surface area contributed by atoms with Gasteiger partial charge in [-0.2, -0.15) is 0 Å². The van der Waals surface area contributed by atoms with Gasteiger partial charge >= 0.3 is 0 Å². The fourth-order valence-electron chi connectivity index (χ4n) is 1.15. The zero-order chi connectivity index (χ0) is 9.84. The van der Waals surface area contributed by atoms with Gasteiger partial charge < -0.3 is 10.1 Å². The highest BCUT2D eigenvalue weighted by atomic mass is 32.2. The molecule has 0 aromatic heterocycles. The zero-order valence-corrected chi connectivity index (χ0v) is 8.33. The molecule has 0 atom stereocenters. The summed E-state index contributed by atoms with van der Waals surface area (Å²) in [4.78, 5) is 0. The highest BCUT2D eigenvalue weighted by molar-refractivity contribution is 7.95. The molecule has 70 valence electrons. The topological polar surface area (TPSA) is 35.9 Å². The van der Waals surface area contributed by atoms with Gasteiger partial charge in [0, 0.05) is 11.8 Å². The Labute approximate surface area is 81.5 Å². The van der Waals surface area contributed by atoms with Gasteiger partial charge in [-0.1, -0.05) is 6.07 Å². The summed E-state index contributed by atoms with van der Waals surface area (Å²) in [6.07, 6.45) is 1.24. The molecule has 0 amide bonds.